The molecule has 1 fully saturated rings. The van der Waals surface area contributed by atoms with Gasteiger partial charge in [0.25, 0.3) is 5.91 Å². The number of benzene rings is 2. The van der Waals surface area contributed by atoms with Crippen molar-refractivity contribution in [2.24, 2.45) is 0 Å². The molecule has 0 radical (unpaired) electrons. The Morgan fingerprint density at radius 1 is 1.13 bits per heavy atom. The molecule has 0 saturated carbocycles. The Morgan fingerprint density at radius 2 is 1.87 bits per heavy atom. The molecule has 156 valence electrons. The van der Waals surface area contributed by atoms with Crippen LogP contribution < -0.4 is 9.47 Å². The summed E-state index contributed by atoms with van der Waals surface area (Å²) in [6.45, 7) is 0.517. The summed E-state index contributed by atoms with van der Waals surface area (Å²) in [4.78, 5) is 19.1. The maximum atomic E-state index is 12.8. The van der Waals surface area contributed by atoms with Crippen LogP contribution in [0.1, 0.15) is 31.2 Å². The fourth-order valence-electron chi connectivity index (χ4n) is 3.49. The average molecular weight is 409 g/mol. The third-order valence-electron chi connectivity index (χ3n) is 5.10. The molecule has 1 aliphatic rings. The van der Waals surface area contributed by atoms with E-state index in [0.29, 0.717) is 24.0 Å². The van der Waals surface area contributed by atoms with Crippen molar-refractivity contribution in [3.8, 4) is 28.6 Å². The van der Waals surface area contributed by atoms with E-state index in [-0.39, 0.29) is 24.3 Å². The lowest BCUT2D eigenvalue weighted by Crippen LogP contribution is -2.41. The third kappa shape index (κ3) is 4.37. The minimum absolute atomic E-state index is 0.0965. The zero-order valence-electron chi connectivity index (χ0n) is 16.7. The highest BCUT2D eigenvalue weighted by Crippen LogP contribution is 2.31. The van der Waals surface area contributed by atoms with Gasteiger partial charge >= 0.3 is 0 Å². The van der Waals surface area contributed by atoms with E-state index in [0.717, 1.165) is 30.6 Å². The smallest absolute Gasteiger partial charge is 0.261 e. The van der Waals surface area contributed by atoms with Crippen LogP contribution in [0, 0.1) is 0 Å². The number of hydrogen-bond acceptors (Lipinski definition) is 7. The summed E-state index contributed by atoms with van der Waals surface area (Å²) < 4.78 is 16.3. The normalized spacial score (nSPS) is 16.3. The predicted molar refractivity (Wildman–Crippen MR) is 108 cm³/mol. The van der Waals surface area contributed by atoms with Crippen LogP contribution in [-0.4, -0.2) is 46.3 Å². The van der Waals surface area contributed by atoms with E-state index in [4.69, 9.17) is 14.0 Å². The largest absolute Gasteiger partial charge is 0.508 e. The van der Waals surface area contributed by atoms with Crippen LogP contribution in [0.5, 0.6) is 17.2 Å². The van der Waals surface area contributed by atoms with Gasteiger partial charge in [0.05, 0.1) is 7.11 Å². The standard InChI is InChI=1S/C22H23N3O5/c1-28-17-9-5-15(6-10-17)21-23-22(30-24-21)19-4-2-3-13-25(19)20(27)14-29-18-11-7-16(26)8-12-18/h5-12,19,26H,2-4,13-14H2,1H3. The van der Waals surface area contributed by atoms with E-state index in [1.165, 1.54) is 12.1 Å². The summed E-state index contributed by atoms with van der Waals surface area (Å²) in [6, 6.07) is 13.4. The first-order valence-electron chi connectivity index (χ1n) is 9.83. The van der Waals surface area contributed by atoms with Gasteiger partial charge in [-0.05, 0) is 67.8 Å². The van der Waals surface area contributed by atoms with E-state index in [1.54, 1.807) is 24.1 Å². The summed E-state index contributed by atoms with van der Waals surface area (Å²) in [5.74, 6) is 2.18. The maximum absolute atomic E-state index is 12.8. The van der Waals surface area contributed by atoms with Crippen LogP contribution in [-0.2, 0) is 4.79 Å². The van der Waals surface area contributed by atoms with Crippen molar-refractivity contribution in [2.75, 3.05) is 20.3 Å². The number of likely N-dealkylation sites (tertiary alicyclic amines) is 1. The molecule has 1 aliphatic heterocycles. The van der Waals surface area contributed by atoms with Crippen molar-refractivity contribution in [3.63, 3.8) is 0 Å². The number of phenolic OH excluding ortho intramolecular Hbond substituents is 1. The number of amides is 1. The van der Waals surface area contributed by atoms with Gasteiger partial charge in [-0.2, -0.15) is 4.98 Å². The van der Waals surface area contributed by atoms with E-state index >= 15 is 0 Å². The van der Waals surface area contributed by atoms with Gasteiger partial charge in [-0.25, -0.2) is 0 Å². The Hall–Kier alpha value is -3.55. The van der Waals surface area contributed by atoms with E-state index < -0.39 is 0 Å². The number of hydrogen-bond donors (Lipinski definition) is 1. The molecule has 1 atom stereocenters. The van der Waals surface area contributed by atoms with Crippen molar-refractivity contribution in [2.45, 2.75) is 25.3 Å². The zero-order chi connectivity index (χ0) is 20.9. The molecule has 2 heterocycles. The Labute approximate surface area is 174 Å². The van der Waals surface area contributed by atoms with Crippen molar-refractivity contribution in [1.82, 2.24) is 15.0 Å². The van der Waals surface area contributed by atoms with Crippen LogP contribution in [0.3, 0.4) is 0 Å². The van der Waals surface area contributed by atoms with Crippen LogP contribution in [0.4, 0.5) is 0 Å². The lowest BCUT2D eigenvalue weighted by molar-refractivity contribution is -0.138. The summed E-state index contributed by atoms with van der Waals surface area (Å²) in [7, 11) is 1.61. The van der Waals surface area contributed by atoms with Gasteiger partial charge in [0.2, 0.25) is 11.7 Å². The molecule has 8 heteroatoms. The fourth-order valence-corrected chi connectivity index (χ4v) is 3.49. The topological polar surface area (TPSA) is 97.9 Å². The highest BCUT2D eigenvalue weighted by atomic mass is 16.5. The number of methoxy groups -OCH3 is 1. The van der Waals surface area contributed by atoms with Gasteiger partial charge in [-0.3, -0.25) is 4.79 Å². The lowest BCUT2D eigenvalue weighted by Gasteiger charge is -2.33. The minimum atomic E-state index is -0.269. The summed E-state index contributed by atoms with van der Waals surface area (Å²) >= 11 is 0. The van der Waals surface area contributed by atoms with Gasteiger partial charge in [-0.15, -0.1) is 0 Å². The molecule has 0 aliphatic carbocycles. The lowest BCUT2D eigenvalue weighted by atomic mass is 10.0. The molecule has 1 aromatic heterocycles. The quantitative estimate of drug-likeness (QED) is 0.664. The van der Waals surface area contributed by atoms with Crippen LogP contribution >= 0.6 is 0 Å². The van der Waals surface area contributed by atoms with Gasteiger partial charge in [0.15, 0.2) is 6.61 Å². The van der Waals surface area contributed by atoms with Gasteiger partial charge < -0.3 is 24.0 Å². The van der Waals surface area contributed by atoms with E-state index in [9.17, 15) is 9.90 Å². The summed E-state index contributed by atoms with van der Waals surface area (Å²) in [5.41, 5.74) is 0.815. The minimum Gasteiger partial charge on any atom is -0.508 e. The van der Waals surface area contributed by atoms with Crippen LogP contribution in [0.2, 0.25) is 0 Å². The first kappa shape index (κ1) is 19.8. The summed E-state index contributed by atoms with van der Waals surface area (Å²) in [5, 5.41) is 13.4. The number of rotatable bonds is 6. The van der Waals surface area contributed by atoms with Gasteiger partial charge in [-0.1, -0.05) is 5.16 Å². The number of phenols is 1. The number of ether oxygens (including phenoxy) is 2. The molecule has 0 bridgehead atoms. The number of piperidine rings is 1. The van der Waals surface area contributed by atoms with Crippen molar-refractivity contribution < 1.29 is 23.9 Å². The average Bonchev–Trinajstić information content (AvgIpc) is 3.29. The Balaban J connectivity index is 1.45. The highest BCUT2D eigenvalue weighted by molar-refractivity contribution is 5.78. The Morgan fingerprint density at radius 3 is 2.60 bits per heavy atom. The molecular formula is C22H23N3O5. The van der Waals surface area contributed by atoms with Gasteiger partial charge in [0.1, 0.15) is 23.3 Å². The molecule has 1 saturated heterocycles. The van der Waals surface area contributed by atoms with Crippen LogP contribution in [0.15, 0.2) is 53.1 Å². The number of nitrogens with zero attached hydrogens (tertiary/aromatic N) is 3. The van der Waals surface area contributed by atoms with Crippen molar-refractivity contribution >= 4 is 5.91 Å². The maximum Gasteiger partial charge on any atom is 0.261 e. The first-order valence-corrected chi connectivity index (χ1v) is 9.83. The number of aromatic hydroxyl groups is 1. The molecule has 1 unspecified atom stereocenters. The van der Waals surface area contributed by atoms with Crippen molar-refractivity contribution in [3.05, 3.63) is 54.4 Å². The molecule has 1 amide bonds. The first-order chi connectivity index (χ1) is 14.6. The second-order valence-electron chi connectivity index (χ2n) is 7.07. The number of carbonyl (C=O) groups excluding carboxylic acids is 1. The van der Waals surface area contributed by atoms with Crippen LogP contribution in [0.25, 0.3) is 11.4 Å². The van der Waals surface area contributed by atoms with Gasteiger partial charge in [0, 0.05) is 12.1 Å². The molecule has 8 nitrogen and oxygen atoms in total. The second-order valence-corrected chi connectivity index (χ2v) is 7.07. The predicted octanol–water partition coefficient (Wildman–Crippen LogP) is 3.58. The molecule has 2 aromatic carbocycles. The molecule has 0 spiro atoms. The zero-order valence-corrected chi connectivity index (χ0v) is 16.7. The molecular weight excluding hydrogens is 386 g/mol. The fraction of sp³-hybridized carbons (Fsp3) is 0.318. The monoisotopic (exact) mass is 409 g/mol. The molecule has 30 heavy (non-hydrogen) atoms. The Kier molecular flexibility index (Phi) is 5.83. The van der Waals surface area contributed by atoms with Crippen molar-refractivity contribution in [1.29, 1.82) is 0 Å². The number of aromatic nitrogens is 2. The SMILES string of the molecule is COc1ccc(-c2noc(C3CCCCN3C(=O)COc3ccc(O)cc3)n2)cc1. The highest BCUT2D eigenvalue weighted by Gasteiger charge is 2.32. The molecule has 4 rings (SSSR count). The number of carbonyl (C=O) groups is 1. The molecule has 1 N–H and O–H groups in total. The Bertz CT molecular complexity index is 985. The second kappa shape index (κ2) is 8.86. The third-order valence-corrected chi connectivity index (χ3v) is 5.10. The summed E-state index contributed by atoms with van der Waals surface area (Å²) in [6.07, 6.45) is 2.66. The van der Waals surface area contributed by atoms with E-state index in [2.05, 4.69) is 10.1 Å². The molecule has 3 aromatic rings. The van der Waals surface area contributed by atoms with E-state index in [1.807, 2.05) is 24.3 Å².